The van der Waals surface area contributed by atoms with Crippen molar-refractivity contribution in [2.75, 3.05) is 7.11 Å². The molecule has 0 radical (unpaired) electrons. The lowest BCUT2D eigenvalue weighted by atomic mass is 9.92. The second kappa shape index (κ2) is 8.98. The molecule has 1 aliphatic rings. The molecule has 0 saturated heterocycles. The van der Waals surface area contributed by atoms with Crippen molar-refractivity contribution in [2.24, 2.45) is 0 Å². The fraction of sp³-hybridized carbons (Fsp3) is 0.346. The summed E-state index contributed by atoms with van der Waals surface area (Å²) in [5, 5.41) is 20.0. The predicted octanol–water partition coefficient (Wildman–Crippen LogP) is 5.40. The van der Waals surface area contributed by atoms with Gasteiger partial charge in [0.2, 0.25) is 0 Å². The van der Waals surface area contributed by atoms with E-state index in [0.717, 1.165) is 22.4 Å². The highest BCUT2D eigenvalue weighted by atomic mass is 16.5. The van der Waals surface area contributed by atoms with Crippen LogP contribution in [0, 0.1) is 0 Å². The zero-order valence-corrected chi connectivity index (χ0v) is 18.7. The maximum absolute atomic E-state index is 12.7. The van der Waals surface area contributed by atoms with Crippen LogP contribution in [0.1, 0.15) is 67.3 Å². The molecule has 0 aliphatic carbocycles. The Labute approximate surface area is 183 Å². The molecule has 2 aromatic carbocycles. The van der Waals surface area contributed by atoms with Gasteiger partial charge in [-0.05, 0) is 69.5 Å². The molecule has 1 atom stereocenters. The third kappa shape index (κ3) is 5.56. The van der Waals surface area contributed by atoms with Gasteiger partial charge in [-0.2, -0.15) is 0 Å². The Balaban J connectivity index is 2.09. The molecule has 0 amide bonds. The van der Waals surface area contributed by atoms with E-state index in [1.54, 1.807) is 33.1 Å². The lowest BCUT2D eigenvalue weighted by molar-refractivity contribution is 0.0849. The van der Waals surface area contributed by atoms with E-state index >= 15 is 0 Å². The Bertz CT molecular complexity index is 1040. The van der Waals surface area contributed by atoms with Crippen LogP contribution in [0.2, 0.25) is 0 Å². The molecule has 1 aliphatic heterocycles. The molecule has 0 fully saturated rings. The normalized spacial score (nSPS) is 16.1. The monoisotopic (exact) mass is 422 g/mol. The third-order valence-corrected chi connectivity index (χ3v) is 5.10. The van der Waals surface area contributed by atoms with E-state index in [0.29, 0.717) is 17.7 Å². The molecule has 0 saturated carbocycles. The quantitative estimate of drug-likeness (QED) is 0.610. The van der Waals surface area contributed by atoms with Crippen LogP contribution in [0.5, 0.6) is 17.2 Å². The van der Waals surface area contributed by atoms with E-state index in [4.69, 9.17) is 9.47 Å². The van der Waals surface area contributed by atoms with Crippen molar-refractivity contribution in [3.63, 3.8) is 0 Å². The first-order valence-electron chi connectivity index (χ1n) is 10.4. The Hall–Kier alpha value is -3.05. The lowest BCUT2D eigenvalue weighted by Crippen LogP contribution is -2.20. The summed E-state index contributed by atoms with van der Waals surface area (Å²) in [4.78, 5) is 12.7. The maximum Gasteiger partial charge on any atom is 0.170 e. The molecule has 2 aromatic rings. The van der Waals surface area contributed by atoms with Crippen LogP contribution >= 0.6 is 0 Å². The Morgan fingerprint density at radius 1 is 1.26 bits per heavy atom. The van der Waals surface area contributed by atoms with Gasteiger partial charge in [0, 0.05) is 11.6 Å². The number of phenolic OH excluding ortho intramolecular Hbond substituents is 1. The van der Waals surface area contributed by atoms with Gasteiger partial charge in [0.1, 0.15) is 23.4 Å². The first kappa shape index (κ1) is 22.6. The largest absolute Gasteiger partial charge is 0.508 e. The standard InChI is InChI=1S/C26H30O5/c1-16(2)6-7-17-12-19(13-18(25(17)30-5)10-11-26(3,4)29)23-15-22(28)21-9-8-20(27)14-24(21)31-23/h6,8-14,23,27,29H,7,15H2,1-5H3/b11-10+. The second-order valence-electron chi connectivity index (χ2n) is 8.69. The number of hydrogen-bond acceptors (Lipinski definition) is 5. The second-order valence-corrected chi connectivity index (χ2v) is 8.69. The number of methoxy groups -OCH3 is 1. The van der Waals surface area contributed by atoms with Crippen molar-refractivity contribution in [2.45, 2.75) is 52.2 Å². The fourth-order valence-electron chi connectivity index (χ4n) is 3.56. The van der Waals surface area contributed by atoms with Crippen molar-refractivity contribution >= 4 is 11.9 Å². The summed E-state index contributed by atoms with van der Waals surface area (Å²) in [7, 11) is 1.63. The number of hydrogen-bond donors (Lipinski definition) is 2. The van der Waals surface area contributed by atoms with E-state index in [1.165, 1.54) is 17.7 Å². The van der Waals surface area contributed by atoms with Crippen LogP contribution in [0.4, 0.5) is 0 Å². The summed E-state index contributed by atoms with van der Waals surface area (Å²) in [6.07, 6.45) is 6.05. The molecule has 0 bridgehead atoms. The summed E-state index contributed by atoms with van der Waals surface area (Å²) in [6, 6.07) is 8.49. The SMILES string of the molecule is COc1c(/C=C/C(C)(C)O)cc(C2CC(=O)c3ccc(O)cc3O2)cc1CC=C(C)C. The highest BCUT2D eigenvalue weighted by molar-refractivity contribution is 6.00. The molecule has 31 heavy (non-hydrogen) atoms. The number of benzene rings is 2. The number of ketones is 1. The molecule has 5 heteroatoms. The molecule has 164 valence electrons. The zero-order valence-electron chi connectivity index (χ0n) is 18.7. The Morgan fingerprint density at radius 3 is 2.65 bits per heavy atom. The topological polar surface area (TPSA) is 76.0 Å². The number of aliphatic hydroxyl groups is 1. The van der Waals surface area contributed by atoms with Gasteiger partial charge < -0.3 is 19.7 Å². The first-order chi connectivity index (χ1) is 14.6. The van der Waals surface area contributed by atoms with Gasteiger partial charge >= 0.3 is 0 Å². The molecular formula is C26H30O5. The number of rotatable bonds is 6. The van der Waals surface area contributed by atoms with Crippen molar-refractivity contribution in [1.29, 1.82) is 0 Å². The van der Waals surface area contributed by atoms with Crippen LogP contribution in [0.15, 0.2) is 48.1 Å². The van der Waals surface area contributed by atoms with Gasteiger partial charge in [0.15, 0.2) is 5.78 Å². The van der Waals surface area contributed by atoms with Crippen LogP contribution < -0.4 is 9.47 Å². The minimum atomic E-state index is -0.977. The lowest BCUT2D eigenvalue weighted by Gasteiger charge is -2.27. The van der Waals surface area contributed by atoms with Gasteiger partial charge in [-0.15, -0.1) is 0 Å². The van der Waals surface area contributed by atoms with E-state index in [9.17, 15) is 15.0 Å². The van der Waals surface area contributed by atoms with Crippen molar-refractivity contribution in [3.05, 3.63) is 70.3 Å². The number of carbonyl (C=O) groups is 1. The molecular weight excluding hydrogens is 392 g/mol. The van der Waals surface area contributed by atoms with E-state index in [1.807, 2.05) is 32.1 Å². The summed E-state index contributed by atoms with van der Waals surface area (Å²) in [5.74, 6) is 1.14. The average molecular weight is 423 g/mol. The number of allylic oxidation sites excluding steroid dienone is 2. The van der Waals surface area contributed by atoms with Gasteiger partial charge in [-0.25, -0.2) is 0 Å². The van der Waals surface area contributed by atoms with Crippen LogP contribution in [0.25, 0.3) is 6.08 Å². The van der Waals surface area contributed by atoms with Gasteiger partial charge in [-0.3, -0.25) is 4.79 Å². The van der Waals surface area contributed by atoms with Crippen LogP contribution in [-0.2, 0) is 6.42 Å². The number of phenols is 1. The van der Waals surface area contributed by atoms with E-state index in [2.05, 4.69) is 6.08 Å². The fourth-order valence-corrected chi connectivity index (χ4v) is 3.56. The van der Waals surface area contributed by atoms with Crippen LogP contribution in [0.3, 0.4) is 0 Å². The summed E-state index contributed by atoms with van der Waals surface area (Å²) in [5.41, 5.74) is 3.31. The Morgan fingerprint density at radius 2 is 2.00 bits per heavy atom. The average Bonchev–Trinajstić information content (AvgIpc) is 2.69. The first-order valence-corrected chi connectivity index (χ1v) is 10.4. The van der Waals surface area contributed by atoms with Gasteiger partial charge in [0.25, 0.3) is 0 Å². The zero-order chi connectivity index (χ0) is 22.8. The third-order valence-electron chi connectivity index (χ3n) is 5.10. The van der Waals surface area contributed by atoms with Gasteiger partial charge in [0.05, 0.1) is 24.7 Å². The molecule has 1 unspecified atom stereocenters. The van der Waals surface area contributed by atoms with E-state index < -0.39 is 11.7 Å². The maximum atomic E-state index is 12.7. The number of Topliss-reactive ketones (excluding diaryl/α,β-unsaturated/α-hetero) is 1. The Kier molecular flexibility index (Phi) is 6.56. The summed E-state index contributed by atoms with van der Waals surface area (Å²) >= 11 is 0. The highest BCUT2D eigenvalue weighted by Crippen LogP contribution is 2.39. The van der Waals surface area contributed by atoms with E-state index in [-0.39, 0.29) is 18.0 Å². The van der Waals surface area contributed by atoms with Crippen molar-refractivity contribution in [3.8, 4) is 17.2 Å². The number of fused-ring (bicyclic) bond motifs is 1. The summed E-state index contributed by atoms with van der Waals surface area (Å²) in [6.45, 7) is 7.49. The van der Waals surface area contributed by atoms with Crippen LogP contribution in [-0.4, -0.2) is 28.7 Å². The number of carbonyl (C=O) groups excluding carboxylic acids is 1. The predicted molar refractivity (Wildman–Crippen MR) is 122 cm³/mol. The molecule has 3 rings (SSSR count). The van der Waals surface area contributed by atoms with Crippen molar-refractivity contribution < 1.29 is 24.5 Å². The smallest absolute Gasteiger partial charge is 0.170 e. The molecule has 0 spiro atoms. The van der Waals surface area contributed by atoms with Gasteiger partial charge in [-0.1, -0.05) is 23.8 Å². The highest BCUT2D eigenvalue weighted by Gasteiger charge is 2.29. The number of aromatic hydroxyl groups is 1. The molecule has 0 aromatic heterocycles. The minimum absolute atomic E-state index is 0.0264. The summed E-state index contributed by atoms with van der Waals surface area (Å²) < 4.78 is 11.8. The van der Waals surface area contributed by atoms with Crippen molar-refractivity contribution in [1.82, 2.24) is 0 Å². The molecule has 1 heterocycles. The molecule has 2 N–H and O–H groups in total. The number of ether oxygens (including phenoxy) is 2. The minimum Gasteiger partial charge on any atom is -0.508 e. The molecule has 5 nitrogen and oxygen atoms in total.